The number of carbonyl (C=O) groups excluding carboxylic acids is 1. The molecule has 0 bridgehead atoms. The van der Waals surface area contributed by atoms with Gasteiger partial charge in [0.1, 0.15) is 11.4 Å². The van der Waals surface area contributed by atoms with Gasteiger partial charge in [-0.25, -0.2) is 0 Å². The summed E-state index contributed by atoms with van der Waals surface area (Å²) in [6.07, 6.45) is 0.505. The first kappa shape index (κ1) is 19.7. The summed E-state index contributed by atoms with van der Waals surface area (Å²) in [6.45, 7) is 4.48. The first-order chi connectivity index (χ1) is 14.4. The Hall–Kier alpha value is -3.61. The average molecular weight is 404 g/mol. The summed E-state index contributed by atoms with van der Waals surface area (Å²) in [4.78, 5) is 22.1. The predicted octanol–water partition coefficient (Wildman–Crippen LogP) is 4.16. The van der Waals surface area contributed by atoms with Crippen molar-refractivity contribution in [3.05, 3.63) is 65.0 Å². The SMILES string of the molecule is COc1ccc2cc(-c3nc(CCN(C)C(=O)c4cc(C)cc(C)c4)no3)[nH]c2c1. The van der Waals surface area contributed by atoms with Gasteiger partial charge in [-0.2, -0.15) is 4.98 Å². The molecule has 4 rings (SSSR count). The molecule has 1 amide bonds. The van der Waals surface area contributed by atoms with Gasteiger partial charge in [-0.15, -0.1) is 0 Å². The first-order valence-electron chi connectivity index (χ1n) is 9.76. The number of H-pyrrole nitrogens is 1. The number of hydrogen-bond acceptors (Lipinski definition) is 5. The van der Waals surface area contributed by atoms with Crippen LogP contribution in [-0.2, 0) is 6.42 Å². The Morgan fingerprint density at radius 2 is 1.90 bits per heavy atom. The van der Waals surface area contributed by atoms with E-state index >= 15 is 0 Å². The van der Waals surface area contributed by atoms with Gasteiger partial charge in [-0.3, -0.25) is 4.79 Å². The molecule has 4 aromatic rings. The van der Waals surface area contributed by atoms with Crippen LogP contribution in [0.3, 0.4) is 0 Å². The topological polar surface area (TPSA) is 84.2 Å². The molecule has 0 unspecified atom stereocenters. The molecule has 0 saturated heterocycles. The lowest BCUT2D eigenvalue weighted by Crippen LogP contribution is -2.29. The Balaban J connectivity index is 1.44. The fraction of sp³-hybridized carbons (Fsp3) is 0.261. The molecule has 30 heavy (non-hydrogen) atoms. The highest BCUT2D eigenvalue weighted by Gasteiger charge is 2.16. The molecule has 0 aliphatic rings. The van der Waals surface area contributed by atoms with Crippen molar-refractivity contribution in [1.29, 1.82) is 0 Å². The van der Waals surface area contributed by atoms with Crippen LogP contribution >= 0.6 is 0 Å². The van der Waals surface area contributed by atoms with Gasteiger partial charge >= 0.3 is 0 Å². The number of rotatable bonds is 6. The Morgan fingerprint density at radius 1 is 1.13 bits per heavy atom. The maximum atomic E-state index is 12.7. The Labute approximate surface area is 174 Å². The Bertz CT molecular complexity index is 1190. The van der Waals surface area contributed by atoms with Gasteiger partial charge in [0.15, 0.2) is 5.82 Å². The van der Waals surface area contributed by atoms with Crippen LogP contribution < -0.4 is 4.74 Å². The molecule has 7 heteroatoms. The molecule has 0 aliphatic heterocycles. The summed E-state index contributed by atoms with van der Waals surface area (Å²) in [5, 5.41) is 5.09. The zero-order valence-electron chi connectivity index (χ0n) is 17.5. The Morgan fingerprint density at radius 3 is 2.63 bits per heavy atom. The van der Waals surface area contributed by atoms with Crippen molar-refractivity contribution in [3.8, 4) is 17.3 Å². The number of carbonyl (C=O) groups is 1. The molecule has 2 aromatic carbocycles. The van der Waals surface area contributed by atoms with E-state index in [4.69, 9.17) is 9.26 Å². The quantitative estimate of drug-likeness (QED) is 0.522. The number of likely N-dealkylation sites (N-methyl/N-ethyl adjacent to an activating group) is 1. The third-order valence-electron chi connectivity index (χ3n) is 5.01. The van der Waals surface area contributed by atoms with E-state index < -0.39 is 0 Å². The van der Waals surface area contributed by atoms with Crippen LogP contribution in [0.1, 0.15) is 27.3 Å². The zero-order valence-corrected chi connectivity index (χ0v) is 17.5. The number of ether oxygens (including phenoxy) is 1. The second-order valence-electron chi connectivity index (χ2n) is 7.51. The summed E-state index contributed by atoms with van der Waals surface area (Å²) >= 11 is 0. The van der Waals surface area contributed by atoms with E-state index in [1.54, 1.807) is 19.1 Å². The largest absolute Gasteiger partial charge is 0.497 e. The highest BCUT2D eigenvalue weighted by Crippen LogP contribution is 2.26. The van der Waals surface area contributed by atoms with Crippen LogP contribution in [0.15, 0.2) is 47.0 Å². The number of nitrogens with one attached hydrogen (secondary N) is 1. The van der Waals surface area contributed by atoms with Gasteiger partial charge in [0.25, 0.3) is 11.8 Å². The number of hydrogen-bond donors (Lipinski definition) is 1. The lowest BCUT2D eigenvalue weighted by atomic mass is 10.1. The van der Waals surface area contributed by atoms with Gasteiger partial charge in [0.2, 0.25) is 0 Å². The number of aromatic amines is 1. The number of nitrogens with zero attached hydrogens (tertiary/aromatic N) is 3. The second-order valence-corrected chi connectivity index (χ2v) is 7.51. The van der Waals surface area contributed by atoms with Crippen molar-refractivity contribution in [3.63, 3.8) is 0 Å². The maximum Gasteiger partial charge on any atom is 0.274 e. The standard InChI is InChI=1S/C23H24N4O3/c1-14-9-15(2)11-17(10-14)23(28)27(3)8-7-21-25-22(30-26-21)20-12-16-5-6-18(29-4)13-19(16)24-20/h5-6,9-13,24H,7-8H2,1-4H3. The normalized spacial score (nSPS) is 11.1. The van der Waals surface area contributed by atoms with Gasteiger partial charge in [-0.1, -0.05) is 22.3 Å². The summed E-state index contributed by atoms with van der Waals surface area (Å²) in [5.74, 6) is 1.73. The molecule has 0 atom stereocenters. The van der Waals surface area contributed by atoms with E-state index in [2.05, 4.69) is 21.2 Å². The Kier molecular flexibility index (Phi) is 5.27. The van der Waals surface area contributed by atoms with E-state index in [-0.39, 0.29) is 5.91 Å². The highest BCUT2D eigenvalue weighted by atomic mass is 16.5. The molecule has 1 N–H and O–H groups in total. The van der Waals surface area contributed by atoms with Crippen LogP contribution in [0.25, 0.3) is 22.5 Å². The van der Waals surface area contributed by atoms with Crippen molar-refractivity contribution in [1.82, 2.24) is 20.0 Å². The summed E-state index contributed by atoms with van der Waals surface area (Å²) < 4.78 is 10.7. The minimum atomic E-state index is -0.0184. The van der Waals surface area contributed by atoms with Crippen molar-refractivity contribution in [2.75, 3.05) is 20.7 Å². The van der Waals surface area contributed by atoms with Gasteiger partial charge in [0, 0.05) is 42.5 Å². The minimum absolute atomic E-state index is 0.0184. The van der Waals surface area contributed by atoms with Crippen molar-refractivity contribution in [2.45, 2.75) is 20.3 Å². The summed E-state index contributed by atoms with van der Waals surface area (Å²) in [7, 11) is 3.42. The number of fused-ring (bicyclic) bond motifs is 1. The molecule has 0 spiro atoms. The van der Waals surface area contributed by atoms with E-state index in [0.29, 0.717) is 30.2 Å². The zero-order chi connectivity index (χ0) is 21.3. The number of aromatic nitrogens is 3. The summed E-state index contributed by atoms with van der Waals surface area (Å²) in [5.41, 5.74) is 4.52. The van der Waals surface area contributed by atoms with Crippen LogP contribution in [-0.4, -0.2) is 46.6 Å². The summed E-state index contributed by atoms with van der Waals surface area (Å²) in [6, 6.07) is 13.6. The molecule has 154 valence electrons. The molecular formula is C23H24N4O3. The van der Waals surface area contributed by atoms with Crippen LogP contribution in [0, 0.1) is 13.8 Å². The van der Waals surface area contributed by atoms with E-state index in [9.17, 15) is 4.79 Å². The molecule has 2 aromatic heterocycles. The smallest absolute Gasteiger partial charge is 0.274 e. The molecule has 7 nitrogen and oxygen atoms in total. The monoisotopic (exact) mass is 404 g/mol. The molecule has 0 fully saturated rings. The molecule has 0 saturated carbocycles. The van der Waals surface area contributed by atoms with Crippen molar-refractivity contribution < 1.29 is 14.1 Å². The number of aryl methyl sites for hydroxylation is 2. The van der Waals surface area contributed by atoms with Crippen LogP contribution in [0.2, 0.25) is 0 Å². The lowest BCUT2D eigenvalue weighted by Gasteiger charge is -2.17. The number of benzene rings is 2. The van der Waals surface area contributed by atoms with Crippen molar-refractivity contribution >= 4 is 16.8 Å². The second kappa shape index (κ2) is 8.02. The number of methoxy groups -OCH3 is 1. The fourth-order valence-corrected chi connectivity index (χ4v) is 3.50. The first-order valence-corrected chi connectivity index (χ1v) is 9.76. The van der Waals surface area contributed by atoms with Gasteiger partial charge in [-0.05, 0) is 44.2 Å². The van der Waals surface area contributed by atoms with Crippen molar-refractivity contribution in [2.24, 2.45) is 0 Å². The lowest BCUT2D eigenvalue weighted by molar-refractivity contribution is 0.0795. The van der Waals surface area contributed by atoms with Gasteiger partial charge < -0.3 is 19.1 Å². The third kappa shape index (κ3) is 4.05. The van der Waals surface area contributed by atoms with E-state index in [1.165, 1.54) is 0 Å². The van der Waals surface area contributed by atoms with E-state index in [0.717, 1.165) is 33.5 Å². The highest BCUT2D eigenvalue weighted by molar-refractivity contribution is 5.94. The molecule has 2 heterocycles. The average Bonchev–Trinajstić information content (AvgIpc) is 3.36. The maximum absolute atomic E-state index is 12.7. The fourth-order valence-electron chi connectivity index (χ4n) is 3.50. The van der Waals surface area contributed by atoms with Crippen LogP contribution in [0.5, 0.6) is 5.75 Å². The molecular weight excluding hydrogens is 380 g/mol. The van der Waals surface area contributed by atoms with Crippen LogP contribution in [0.4, 0.5) is 0 Å². The minimum Gasteiger partial charge on any atom is -0.497 e. The number of amides is 1. The molecule has 0 radical (unpaired) electrons. The third-order valence-corrected chi connectivity index (χ3v) is 5.01. The molecule has 0 aliphatic carbocycles. The predicted molar refractivity (Wildman–Crippen MR) is 115 cm³/mol. The van der Waals surface area contributed by atoms with E-state index in [1.807, 2.05) is 50.2 Å². The van der Waals surface area contributed by atoms with Gasteiger partial charge in [0.05, 0.1) is 7.11 Å².